The molecule has 106 valence electrons. The Morgan fingerprint density at radius 2 is 2.30 bits per heavy atom. The number of nitrogens with zero attached hydrogens (tertiary/aromatic N) is 1. The van der Waals surface area contributed by atoms with E-state index in [1.165, 1.54) is 18.3 Å². The number of hydrogen-bond donors (Lipinski definition) is 2. The molecular formula is C15H18N2O3. The van der Waals surface area contributed by atoms with E-state index in [4.69, 9.17) is 4.74 Å². The van der Waals surface area contributed by atoms with Crippen LogP contribution in [-0.2, 0) is 19.9 Å². The molecule has 1 unspecified atom stereocenters. The van der Waals surface area contributed by atoms with Crippen LogP contribution in [0.25, 0.3) is 10.9 Å². The predicted molar refractivity (Wildman–Crippen MR) is 76.0 cm³/mol. The van der Waals surface area contributed by atoms with E-state index in [2.05, 4.69) is 9.88 Å². The SMILES string of the molecule is CNC(=O)Oc1ccc2c(c1)c1c(n2C)CC(CO)C1. The number of fused-ring (bicyclic) bond motifs is 3. The fourth-order valence-electron chi connectivity index (χ4n) is 3.03. The first-order chi connectivity index (χ1) is 9.63. The number of aromatic nitrogens is 1. The maximum atomic E-state index is 11.3. The van der Waals surface area contributed by atoms with Crippen molar-refractivity contribution < 1.29 is 14.6 Å². The molecule has 0 bridgehead atoms. The van der Waals surface area contributed by atoms with Crippen LogP contribution in [0.4, 0.5) is 4.79 Å². The van der Waals surface area contributed by atoms with E-state index in [9.17, 15) is 9.90 Å². The standard InChI is InChI=1S/C15H18N2O3/c1-16-15(19)20-10-3-4-13-12(7-10)11-5-9(8-18)6-14(11)17(13)2/h3-4,7,9,18H,5-6,8H2,1-2H3,(H,16,19). The lowest BCUT2D eigenvalue weighted by atomic mass is 10.1. The third kappa shape index (κ3) is 1.94. The van der Waals surface area contributed by atoms with Crippen LogP contribution in [0.15, 0.2) is 18.2 Å². The molecule has 5 heteroatoms. The van der Waals surface area contributed by atoms with Crippen molar-refractivity contribution in [2.24, 2.45) is 13.0 Å². The number of aliphatic hydroxyl groups excluding tert-OH is 1. The van der Waals surface area contributed by atoms with Crippen LogP contribution < -0.4 is 10.1 Å². The number of ether oxygens (including phenoxy) is 1. The predicted octanol–water partition coefficient (Wildman–Crippen LogP) is 1.60. The molecule has 1 aliphatic carbocycles. The van der Waals surface area contributed by atoms with E-state index >= 15 is 0 Å². The molecular weight excluding hydrogens is 256 g/mol. The van der Waals surface area contributed by atoms with Gasteiger partial charge in [0.05, 0.1) is 0 Å². The molecule has 20 heavy (non-hydrogen) atoms. The van der Waals surface area contributed by atoms with Crippen molar-refractivity contribution >= 4 is 17.0 Å². The van der Waals surface area contributed by atoms with Crippen molar-refractivity contribution in [2.45, 2.75) is 12.8 Å². The highest BCUT2D eigenvalue weighted by molar-refractivity contribution is 5.88. The van der Waals surface area contributed by atoms with E-state index < -0.39 is 6.09 Å². The topological polar surface area (TPSA) is 63.5 Å². The fourth-order valence-corrected chi connectivity index (χ4v) is 3.03. The first kappa shape index (κ1) is 13.0. The summed E-state index contributed by atoms with van der Waals surface area (Å²) in [6.45, 7) is 0.213. The second-order valence-corrected chi connectivity index (χ2v) is 5.26. The van der Waals surface area contributed by atoms with Gasteiger partial charge in [0.1, 0.15) is 5.75 Å². The van der Waals surface area contributed by atoms with Gasteiger partial charge in [0.2, 0.25) is 0 Å². The van der Waals surface area contributed by atoms with Crippen LogP contribution in [-0.4, -0.2) is 29.4 Å². The number of carbonyl (C=O) groups excluding carboxylic acids is 1. The van der Waals surface area contributed by atoms with Crippen molar-refractivity contribution in [3.63, 3.8) is 0 Å². The Balaban J connectivity index is 2.04. The largest absolute Gasteiger partial charge is 0.412 e. The van der Waals surface area contributed by atoms with Crippen molar-refractivity contribution in [1.82, 2.24) is 9.88 Å². The Labute approximate surface area is 117 Å². The summed E-state index contributed by atoms with van der Waals surface area (Å²) in [4.78, 5) is 11.3. The van der Waals surface area contributed by atoms with Crippen molar-refractivity contribution in [1.29, 1.82) is 0 Å². The molecule has 3 rings (SSSR count). The van der Waals surface area contributed by atoms with Gasteiger partial charge in [-0.05, 0) is 42.5 Å². The highest BCUT2D eigenvalue weighted by atomic mass is 16.5. The van der Waals surface area contributed by atoms with Crippen LogP contribution >= 0.6 is 0 Å². The normalized spacial score (nSPS) is 17.2. The monoisotopic (exact) mass is 274 g/mol. The molecule has 2 aromatic rings. The van der Waals surface area contributed by atoms with Gasteiger partial charge in [0.25, 0.3) is 0 Å². The maximum Gasteiger partial charge on any atom is 0.412 e. The summed E-state index contributed by atoms with van der Waals surface area (Å²) in [5.41, 5.74) is 3.68. The summed E-state index contributed by atoms with van der Waals surface area (Å²) in [7, 11) is 3.58. The Morgan fingerprint density at radius 1 is 1.50 bits per heavy atom. The van der Waals surface area contributed by atoms with Gasteiger partial charge in [-0.25, -0.2) is 4.79 Å². The van der Waals surface area contributed by atoms with E-state index in [0.717, 1.165) is 23.7 Å². The van der Waals surface area contributed by atoms with Crippen molar-refractivity contribution in [3.05, 3.63) is 29.5 Å². The maximum absolute atomic E-state index is 11.3. The quantitative estimate of drug-likeness (QED) is 0.874. The lowest BCUT2D eigenvalue weighted by molar-refractivity contribution is 0.203. The molecule has 1 aliphatic rings. The van der Waals surface area contributed by atoms with E-state index in [-0.39, 0.29) is 6.61 Å². The number of benzene rings is 1. The van der Waals surface area contributed by atoms with Gasteiger partial charge in [-0.3, -0.25) is 0 Å². The van der Waals surface area contributed by atoms with Crippen LogP contribution in [0.2, 0.25) is 0 Å². The molecule has 0 saturated heterocycles. The average Bonchev–Trinajstić information content (AvgIpc) is 2.99. The van der Waals surface area contributed by atoms with Crippen LogP contribution in [0.5, 0.6) is 5.75 Å². The smallest absolute Gasteiger partial charge is 0.410 e. The number of amides is 1. The molecule has 1 aromatic heterocycles. The zero-order valence-electron chi connectivity index (χ0n) is 11.6. The Morgan fingerprint density at radius 3 is 3.00 bits per heavy atom. The van der Waals surface area contributed by atoms with Gasteiger partial charge in [0, 0.05) is 37.3 Å². The molecule has 0 spiro atoms. The third-order valence-electron chi connectivity index (χ3n) is 4.06. The second kappa shape index (κ2) is 4.83. The first-order valence-electron chi connectivity index (χ1n) is 6.74. The molecule has 0 saturated carbocycles. The van der Waals surface area contributed by atoms with Crippen molar-refractivity contribution in [2.75, 3.05) is 13.7 Å². The first-order valence-corrected chi connectivity index (χ1v) is 6.74. The van der Waals surface area contributed by atoms with Gasteiger partial charge in [0.15, 0.2) is 0 Å². The Bertz CT molecular complexity index is 675. The summed E-state index contributed by atoms with van der Waals surface area (Å²) >= 11 is 0. The highest BCUT2D eigenvalue weighted by Crippen LogP contribution is 2.36. The van der Waals surface area contributed by atoms with Gasteiger partial charge in [-0.1, -0.05) is 0 Å². The van der Waals surface area contributed by atoms with E-state index in [1.54, 1.807) is 6.07 Å². The second-order valence-electron chi connectivity index (χ2n) is 5.26. The summed E-state index contributed by atoms with van der Waals surface area (Å²) in [6.07, 6.45) is 1.32. The molecule has 1 aromatic carbocycles. The molecule has 1 amide bonds. The zero-order valence-corrected chi connectivity index (χ0v) is 11.6. The summed E-state index contributed by atoms with van der Waals surface area (Å²) in [5, 5.41) is 12.9. The number of hydrogen-bond acceptors (Lipinski definition) is 3. The van der Waals surface area contributed by atoms with E-state index in [1.807, 2.05) is 19.2 Å². The molecule has 0 fully saturated rings. The van der Waals surface area contributed by atoms with Gasteiger partial charge in [-0.15, -0.1) is 0 Å². The van der Waals surface area contributed by atoms with Crippen LogP contribution in [0, 0.1) is 5.92 Å². The minimum absolute atomic E-state index is 0.213. The van der Waals surface area contributed by atoms with E-state index in [0.29, 0.717) is 11.7 Å². The summed E-state index contributed by atoms with van der Waals surface area (Å²) in [6, 6.07) is 5.68. The number of rotatable bonds is 2. The molecule has 0 radical (unpaired) electrons. The van der Waals surface area contributed by atoms with Gasteiger partial charge >= 0.3 is 6.09 Å². The van der Waals surface area contributed by atoms with Crippen LogP contribution in [0.3, 0.4) is 0 Å². The van der Waals surface area contributed by atoms with Crippen LogP contribution in [0.1, 0.15) is 11.3 Å². The zero-order chi connectivity index (χ0) is 14.3. The molecule has 1 heterocycles. The van der Waals surface area contributed by atoms with Crippen molar-refractivity contribution in [3.8, 4) is 5.75 Å². The number of aliphatic hydroxyl groups is 1. The third-order valence-corrected chi connectivity index (χ3v) is 4.06. The lowest BCUT2D eigenvalue weighted by Gasteiger charge is -2.08. The molecule has 0 aliphatic heterocycles. The minimum atomic E-state index is -0.467. The number of nitrogens with one attached hydrogen (secondary N) is 1. The fraction of sp³-hybridized carbons (Fsp3) is 0.400. The lowest BCUT2D eigenvalue weighted by Crippen LogP contribution is -2.21. The summed E-state index contributed by atoms with van der Waals surface area (Å²) < 4.78 is 7.36. The Hall–Kier alpha value is -2.01. The number of aryl methyl sites for hydroxylation is 1. The van der Waals surface area contributed by atoms with Gasteiger partial charge < -0.3 is 19.7 Å². The highest BCUT2D eigenvalue weighted by Gasteiger charge is 2.27. The minimum Gasteiger partial charge on any atom is -0.410 e. The molecule has 2 N–H and O–H groups in total. The molecule has 1 atom stereocenters. The Kier molecular flexibility index (Phi) is 3.14. The summed E-state index contributed by atoms with van der Waals surface area (Å²) in [5.74, 6) is 0.844. The number of carbonyl (C=O) groups is 1. The van der Waals surface area contributed by atoms with Gasteiger partial charge in [-0.2, -0.15) is 0 Å². The molecule has 5 nitrogen and oxygen atoms in total. The average molecular weight is 274 g/mol.